The van der Waals surface area contributed by atoms with Crippen LogP contribution in [-0.2, 0) is 24.0 Å². The van der Waals surface area contributed by atoms with Crippen molar-refractivity contribution in [2.45, 2.75) is 51.0 Å². The molecule has 0 spiro atoms. The first-order chi connectivity index (χ1) is 14.7. The number of aromatic nitrogens is 1. The number of hydrogen-bond acceptors (Lipinski definition) is 5. The number of unbranched alkanes of at least 4 members (excludes halogenated alkanes) is 3. The Balaban J connectivity index is 0.00000272. The van der Waals surface area contributed by atoms with Gasteiger partial charge in [-0.25, -0.2) is 0 Å². The van der Waals surface area contributed by atoms with Crippen molar-refractivity contribution < 1.29 is 9.84 Å². The lowest BCUT2D eigenvalue weighted by Gasteiger charge is -2.11. The van der Waals surface area contributed by atoms with Crippen molar-refractivity contribution in [3.8, 4) is 5.75 Å². The molecule has 5 nitrogen and oxygen atoms in total. The maximum absolute atomic E-state index is 11.6. The van der Waals surface area contributed by atoms with Crippen LogP contribution in [-0.4, -0.2) is 35.9 Å². The second kappa shape index (κ2) is 11.7. The number of H-pyrrole nitrogens is 1. The Bertz CT molecular complexity index is 1010. The quantitative estimate of drug-likeness (QED) is 0.364. The van der Waals surface area contributed by atoms with Gasteiger partial charge in [-0.05, 0) is 68.0 Å². The van der Waals surface area contributed by atoms with Crippen LogP contribution in [0.15, 0.2) is 41.2 Å². The molecule has 2 aromatic carbocycles. The molecule has 1 aliphatic carbocycles. The number of rotatable bonds is 11. The largest absolute Gasteiger partial charge is 0.506 e. The van der Waals surface area contributed by atoms with Crippen molar-refractivity contribution >= 4 is 34.0 Å². The first-order valence-electron chi connectivity index (χ1n) is 10.9. The average Bonchev–Trinajstić information content (AvgIpc) is 3.34. The molecule has 0 bridgehead atoms. The molecule has 3 aromatic rings. The monoisotopic (exact) mass is 462 g/mol. The van der Waals surface area contributed by atoms with Gasteiger partial charge in [0.15, 0.2) is 0 Å². The number of ether oxygens (including phenoxy) is 1. The minimum atomic E-state index is -0.123. The van der Waals surface area contributed by atoms with E-state index in [1.165, 1.54) is 35.3 Å². The molecule has 0 radical (unpaired) electrons. The van der Waals surface area contributed by atoms with E-state index < -0.39 is 0 Å². The molecular weight excluding hydrogens is 432 g/mol. The maximum atomic E-state index is 11.6. The summed E-state index contributed by atoms with van der Waals surface area (Å²) in [6.07, 6.45) is 8.06. The molecule has 7 heteroatoms. The number of thiazole rings is 1. The lowest BCUT2D eigenvalue weighted by atomic mass is 10.1. The number of fused-ring (bicyclic) bond motifs is 2. The molecule has 0 saturated heterocycles. The molecule has 0 atom stereocenters. The standard InChI is InChI=1S/C24H30N2O3S.ClH/c27-21-10-9-17(23-22(21)26-24(28)30-23)11-13-25-12-5-1-2-6-14-29-20-15-18-7-3-4-8-19(18)16-20;/h3-4,7-10,20,25,27H,1-2,5-6,11-16H2,(H,26,28);1H. The van der Waals surface area contributed by atoms with E-state index >= 15 is 0 Å². The zero-order valence-corrected chi connectivity index (χ0v) is 19.3. The Kier molecular flexibility index (Phi) is 8.96. The molecule has 0 aliphatic heterocycles. The van der Waals surface area contributed by atoms with Crippen molar-refractivity contribution in [2.75, 3.05) is 19.7 Å². The van der Waals surface area contributed by atoms with Crippen LogP contribution in [0, 0.1) is 0 Å². The van der Waals surface area contributed by atoms with E-state index in [9.17, 15) is 9.90 Å². The number of aromatic amines is 1. The summed E-state index contributed by atoms with van der Waals surface area (Å²) in [5, 5.41) is 13.3. The summed E-state index contributed by atoms with van der Waals surface area (Å²) >= 11 is 1.17. The predicted molar refractivity (Wildman–Crippen MR) is 130 cm³/mol. The summed E-state index contributed by atoms with van der Waals surface area (Å²) in [6.45, 7) is 2.74. The van der Waals surface area contributed by atoms with Crippen molar-refractivity contribution in [1.29, 1.82) is 0 Å². The van der Waals surface area contributed by atoms with Crippen molar-refractivity contribution in [3.63, 3.8) is 0 Å². The highest BCUT2D eigenvalue weighted by Crippen LogP contribution is 2.28. The van der Waals surface area contributed by atoms with Crippen molar-refractivity contribution in [2.24, 2.45) is 0 Å². The van der Waals surface area contributed by atoms with Gasteiger partial charge in [-0.2, -0.15) is 0 Å². The van der Waals surface area contributed by atoms with E-state index in [4.69, 9.17) is 4.74 Å². The van der Waals surface area contributed by atoms with E-state index in [2.05, 4.69) is 34.6 Å². The lowest BCUT2D eigenvalue weighted by Crippen LogP contribution is -2.18. The van der Waals surface area contributed by atoms with E-state index in [1.54, 1.807) is 6.07 Å². The van der Waals surface area contributed by atoms with Gasteiger partial charge in [0, 0.05) is 6.61 Å². The Morgan fingerprint density at radius 2 is 1.77 bits per heavy atom. The lowest BCUT2D eigenvalue weighted by molar-refractivity contribution is 0.0579. The average molecular weight is 463 g/mol. The minimum absolute atomic E-state index is 0. The number of benzene rings is 2. The van der Waals surface area contributed by atoms with Gasteiger partial charge in [-0.15, -0.1) is 12.4 Å². The third-order valence-electron chi connectivity index (χ3n) is 5.83. The maximum Gasteiger partial charge on any atom is 0.305 e. The van der Waals surface area contributed by atoms with Gasteiger partial charge >= 0.3 is 4.87 Å². The van der Waals surface area contributed by atoms with Gasteiger partial charge in [-0.3, -0.25) is 4.79 Å². The Morgan fingerprint density at radius 1 is 1.03 bits per heavy atom. The van der Waals surface area contributed by atoms with Crippen LogP contribution in [0.4, 0.5) is 0 Å². The second-order valence-electron chi connectivity index (χ2n) is 8.05. The van der Waals surface area contributed by atoms with Gasteiger partial charge in [-0.1, -0.05) is 54.5 Å². The number of phenolic OH excluding ortho intramolecular Hbond substituents is 1. The van der Waals surface area contributed by atoms with Crippen LogP contribution in [0.1, 0.15) is 42.4 Å². The highest BCUT2D eigenvalue weighted by Gasteiger charge is 2.20. The first-order valence-corrected chi connectivity index (χ1v) is 11.7. The van der Waals surface area contributed by atoms with Gasteiger partial charge in [0.25, 0.3) is 0 Å². The fraction of sp³-hybridized carbons (Fsp3) is 0.458. The van der Waals surface area contributed by atoms with Crippen LogP contribution in [0.5, 0.6) is 5.75 Å². The fourth-order valence-electron chi connectivity index (χ4n) is 4.21. The topological polar surface area (TPSA) is 74.4 Å². The van der Waals surface area contributed by atoms with Crippen LogP contribution in [0.2, 0.25) is 0 Å². The summed E-state index contributed by atoms with van der Waals surface area (Å²) in [5.74, 6) is 0.140. The van der Waals surface area contributed by atoms with Crippen LogP contribution >= 0.6 is 23.7 Å². The Morgan fingerprint density at radius 3 is 2.55 bits per heavy atom. The minimum Gasteiger partial charge on any atom is -0.506 e. The van der Waals surface area contributed by atoms with Crippen LogP contribution < -0.4 is 10.2 Å². The van der Waals surface area contributed by atoms with E-state index in [0.717, 1.165) is 62.1 Å². The molecule has 0 fully saturated rings. The zero-order chi connectivity index (χ0) is 20.8. The summed E-state index contributed by atoms with van der Waals surface area (Å²) in [5.41, 5.74) is 4.57. The Hall–Kier alpha value is -1.86. The number of phenols is 1. The molecule has 0 amide bonds. The van der Waals surface area contributed by atoms with Crippen LogP contribution in [0.3, 0.4) is 0 Å². The molecule has 0 unspecified atom stereocenters. The molecule has 1 aromatic heterocycles. The van der Waals surface area contributed by atoms with E-state index in [1.807, 2.05) is 6.07 Å². The first kappa shape index (κ1) is 23.8. The third-order valence-corrected chi connectivity index (χ3v) is 6.78. The normalized spacial score (nSPS) is 13.4. The summed E-state index contributed by atoms with van der Waals surface area (Å²) < 4.78 is 6.94. The SMILES string of the molecule is Cl.O=c1[nH]c2c(O)ccc(CCNCCCCCCOC3Cc4ccccc4C3)c2s1. The second-order valence-corrected chi connectivity index (χ2v) is 9.03. The molecule has 168 valence electrons. The fourth-order valence-corrected chi connectivity index (χ4v) is 5.11. The van der Waals surface area contributed by atoms with Crippen molar-refractivity contribution in [3.05, 3.63) is 62.8 Å². The highest BCUT2D eigenvalue weighted by molar-refractivity contribution is 7.16. The van der Waals surface area contributed by atoms with E-state index in [0.29, 0.717) is 11.6 Å². The Labute approximate surface area is 193 Å². The van der Waals surface area contributed by atoms with Gasteiger partial charge in [0.2, 0.25) is 0 Å². The molecule has 1 heterocycles. The zero-order valence-electron chi connectivity index (χ0n) is 17.7. The van der Waals surface area contributed by atoms with Gasteiger partial charge in [0.05, 0.1) is 10.8 Å². The molecule has 3 N–H and O–H groups in total. The third kappa shape index (κ3) is 6.32. The number of hydrogen-bond donors (Lipinski definition) is 3. The summed E-state index contributed by atoms with van der Waals surface area (Å²) in [4.78, 5) is 14.2. The number of nitrogens with one attached hydrogen (secondary N) is 2. The molecule has 1 aliphatic rings. The molecule has 0 saturated carbocycles. The van der Waals surface area contributed by atoms with Crippen LogP contribution in [0.25, 0.3) is 10.2 Å². The summed E-state index contributed by atoms with van der Waals surface area (Å²) in [7, 11) is 0. The number of aromatic hydroxyl groups is 1. The molecule has 4 rings (SSSR count). The van der Waals surface area contributed by atoms with E-state index in [-0.39, 0.29) is 23.0 Å². The summed E-state index contributed by atoms with van der Waals surface area (Å²) in [6, 6.07) is 12.2. The smallest absolute Gasteiger partial charge is 0.305 e. The predicted octanol–water partition coefficient (Wildman–Crippen LogP) is 4.59. The number of halogens is 1. The van der Waals surface area contributed by atoms with Gasteiger partial charge in [0.1, 0.15) is 11.3 Å². The highest BCUT2D eigenvalue weighted by atomic mass is 35.5. The molecule has 31 heavy (non-hydrogen) atoms. The molecular formula is C24H31ClN2O3S. The van der Waals surface area contributed by atoms with Crippen molar-refractivity contribution in [1.82, 2.24) is 10.3 Å². The van der Waals surface area contributed by atoms with Gasteiger partial charge < -0.3 is 20.1 Å².